The Morgan fingerprint density at radius 1 is 1.56 bits per heavy atom. The van der Waals surface area contributed by atoms with Crippen molar-refractivity contribution in [2.75, 3.05) is 12.3 Å². The lowest BCUT2D eigenvalue weighted by Crippen LogP contribution is -2.46. The van der Waals surface area contributed by atoms with E-state index >= 15 is 0 Å². The molecule has 1 aliphatic carbocycles. The second-order valence-electron chi connectivity index (χ2n) is 5.31. The number of primary amides is 1. The fourth-order valence-corrected chi connectivity index (χ4v) is 2.93. The lowest BCUT2D eigenvalue weighted by Gasteiger charge is -2.47. The number of carbonyl (C=O) groups is 1. The van der Waals surface area contributed by atoms with E-state index in [1.54, 1.807) is 10.9 Å². The van der Waals surface area contributed by atoms with Gasteiger partial charge in [0.25, 0.3) is 5.91 Å². The maximum absolute atomic E-state index is 11.2. The van der Waals surface area contributed by atoms with Crippen molar-refractivity contribution in [3.8, 4) is 0 Å². The number of nitrogens with zero attached hydrogens (tertiary/aromatic N) is 2. The van der Waals surface area contributed by atoms with Crippen molar-refractivity contribution in [3.63, 3.8) is 0 Å². The van der Waals surface area contributed by atoms with Gasteiger partial charge < -0.3 is 16.2 Å². The van der Waals surface area contributed by atoms with E-state index in [1.807, 2.05) is 0 Å². The van der Waals surface area contributed by atoms with Crippen LogP contribution in [0.15, 0.2) is 6.20 Å². The highest BCUT2D eigenvalue weighted by molar-refractivity contribution is 5.95. The molecule has 98 valence electrons. The molecule has 0 radical (unpaired) electrons. The minimum Gasteiger partial charge on any atom is -0.396 e. The van der Waals surface area contributed by atoms with Gasteiger partial charge in [-0.25, -0.2) is 0 Å². The number of nitrogen functional groups attached to an aromatic ring is 1. The Hall–Kier alpha value is -1.56. The van der Waals surface area contributed by atoms with Crippen LogP contribution in [0.4, 0.5) is 5.69 Å². The maximum Gasteiger partial charge on any atom is 0.271 e. The van der Waals surface area contributed by atoms with Crippen LogP contribution in [0.5, 0.6) is 0 Å². The molecule has 1 atom stereocenters. The Bertz CT molecular complexity index is 478. The van der Waals surface area contributed by atoms with Gasteiger partial charge in [0.2, 0.25) is 0 Å². The predicted octanol–water partition coefficient (Wildman–Crippen LogP) is 0.838. The van der Waals surface area contributed by atoms with Gasteiger partial charge >= 0.3 is 0 Å². The molecule has 1 aliphatic heterocycles. The summed E-state index contributed by atoms with van der Waals surface area (Å²) in [5, 5.41) is 4.22. The van der Waals surface area contributed by atoms with Gasteiger partial charge in [0.05, 0.1) is 17.3 Å². The number of hydrogen-bond donors (Lipinski definition) is 2. The monoisotopic (exact) mass is 250 g/mol. The summed E-state index contributed by atoms with van der Waals surface area (Å²) in [5.41, 5.74) is 11.6. The number of aromatic nitrogens is 2. The molecule has 0 bridgehead atoms. The van der Waals surface area contributed by atoms with Gasteiger partial charge in [-0.2, -0.15) is 5.10 Å². The molecule has 6 nitrogen and oxygen atoms in total. The Labute approximate surface area is 105 Å². The first-order valence-corrected chi connectivity index (χ1v) is 6.38. The van der Waals surface area contributed by atoms with Crippen molar-refractivity contribution in [2.45, 2.75) is 43.7 Å². The van der Waals surface area contributed by atoms with Crippen LogP contribution in [0.2, 0.25) is 0 Å². The average Bonchev–Trinajstić information content (AvgIpc) is 2.70. The number of nitrogens with two attached hydrogens (primary N) is 2. The molecular formula is C12H18N4O2. The standard InChI is InChI=1S/C12H18N4O2/c13-9-7-16(15-10(9)11(14)17)8-2-5-18-12(6-8)3-1-4-12/h7-8H,1-6,13H2,(H2,14,17). The van der Waals surface area contributed by atoms with Crippen molar-refractivity contribution < 1.29 is 9.53 Å². The number of carbonyl (C=O) groups excluding carboxylic acids is 1. The summed E-state index contributed by atoms with van der Waals surface area (Å²) in [6, 6.07) is 0.259. The largest absolute Gasteiger partial charge is 0.396 e. The number of ether oxygens (including phenoxy) is 1. The molecule has 0 aromatic carbocycles. The number of amides is 1. The normalized spacial score (nSPS) is 25.9. The minimum atomic E-state index is -0.573. The fourth-order valence-electron chi connectivity index (χ4n) is 2.93. The quantitative estimate of drug-likeness (QED) is 0.812. The van der Waals surface area contributed by atoms with Gasteiger partial charge in [0, 0.05) is 12.8 Å². The molecule has 1 spiro atoms. The van der Waals surface area contributed by atoms with Gasteiger partial charge in [-0.1, -0.05) is 0 Å². The first kappa shape index (κ1) is 11.5. The second kappa shape index (κ2) is 3.98. The molecule has 2 aliphatic rings. The van der Waals surface area contributed by atoms with Crippen LogP contribution in [-0.4, -0.2) is 27.9 Å². The van der Waals surface area contributed by atoms with Gasteiger partial charge in [-0.05, 0) is 32.1 Å². The molecule has 4 N–H and O–H groups in total. The van der Waals surface area contributed by atoms with Crippen LogP contribution in [-0.2, 0) is 4.74 Å². The summed E-state index contributed by atoms with van der Waals surface area (Å²) < 4.78 is 7.66. The molecule has 1 saturated heterocycles. The smallest absolute Gasteiger partial charge is 0.271 e. The summed E-state index contributed by atoms with van der Waals surface area (Å²) in [6.45, 7) is 0.746. The molecular weight excluding hydrogens is 232 g/mol. The van der Waals surface area contributed by atoms with Crippen LogP contribution in [0, 0.1) is 0 Å². The average molecular weight is 250 g/mol. The van der Waals surface area contributed by atoms with E-state index in [1.165, 1.54) is 6.42 Å². The highest BCUT2D eigenvalue weighted by Crippen LogP contribution is 2.45. The lowest BCUT2D eigenvalue weighted by atomic mass is 9.74. The van der Waals surface area contributed by atoms with Gasteiger partial charge in [-0.3, -0.25) is 9.48 Å². The lowest BCUT2D eigenvalue weighted by molar-refractivity contribution is -0.141. The topological polar surface area (TPSA) is 96.2 Å². The van der Waals surface area contributed by atoms with Crippen LogP contribution in [0.25, 0.3) is 0 Å². The molecule has 1 aromatic rings. The van der Waals surface area contributed by atoms with E-state index in [2.05, 4.69) is 5.10 Å². The molecule has 1 saturated carbocycles. The first-order valence-electron chi connectivity index (χ1n) is 6.38. The molecule has 1 amide bonds. The van der Waals surface area contributed by atoms with E-state index in [4.69, 9.17) is 16.2 Å². The Morgan fingerprint density at radius 2 is 2.33 bits per heavy atom. The zero-order chi connectivity index (χ0) is 12.8. The highest BCUT2D eigenvalue weighted by Gasteiger charge is 2.43. The number of hydrogen-bond acceptors (Lipinski definition) is 4. The van der Waals surface area contributed by atoms with Gasteiger partial charge in [0.15, 0.2) is 5.69 Å². The molecule has 2 fully saturated rings. The van der Waals surface area contributed by atoms with Crippen LogP contribution < -0.4 is 11.5 Å². The van der Waals surface area contributed by atoms with Gasteiger partial charge in [-0.15, -0.1) is 0 Å². The summed E-state index contributed by atoms with van der Waals surface area (Å²) in [4.78, 5) is 11.2. The third-order valence-corrected chi connectivity index (χ3v) is 4.10. The molecule has 3 rings (SSSR count). The van der Waals surface area contributed by atoms with Crippen molar-refractivity contribution in [1.29, 1.82) is 0 Å². The molecule has 1 unspecified atom stereocenters. The zero-order valence-electron chi connectivity index (χ0n) is 10.3. The SMILES string of the molecule is NC(=O)c1nn(C2CCOC3(CCC3)C2)cc1N. The van der Waals surface area contributed by atoms with Crippen LogP contribution in [0.3, 0.4) is 0 Å². The Morgan fingerprint density at radius 3 is 2.89 bits per heavy atom. The summed E-state index contributed by atoms with van der Waals surface area (Å²) >= 11 is 0. The van der Waals surface area contributed by atoms with Crippen molar-refractivity contribution in [2.24, 2.45) is 5.73 Å². The van der Waals surface area contributed by atoms with Crippen molar-refractivity contribution in [3.05, 3.63) is 11.9 Å². The van der Waals surface area contributed by atoms with E-state index < -0.39 is 5.91 Å². The third kappa shape index (κ3) is 1.77. The highest BCUT2D eigenvalue weighted by atomic mass is 16.5. The third-order valence-electron chi connectivity index (χ3n) is 4.10. The summed E-state index contributed by atoms with van der Waals surface area (Å²) in [7, 11) is 0. The van der Waals surface area contributed by atoms with E-state index in [9.17, 15) is 4.79 Å². The number of anilines is 1. The van der Waals surface area contributed by atoms with Crippen molar-refractivity contribution >= 4 is 11.6 Å². The maximum atomic E-state index is 11.2. The first-order chi connectivity index (χ1) is 8.60. The van der Waals surface area contributed by atoms with Crippen molar-refractivity contribution in [1.82, 2.24) is 9.78 Å². The fraction of sp³-hybridized carbons (Fsp3) is 0.667. The second-order valence-corrected chi connectivity index (χ2v) is 5.31. The Kier molecular flexibility index (Phi) is 2.55. The minimum absolute atomic E-state index is 0.0521. The molecule has 1 aromatic heterocycles. The predicted molar refractivity (Wildman–Crippen MR) is 66.0 cm³/mol. The summed E-state index contributed by atoms with van der Waals surface area (Å²) in [6.07, 6.45) is 7.06. The number of rotatable bonds is 2. The van der Waals surface area contributed by atoms with Crippen LogP contribution in [0.1, 0.15) is 48.6 Å². The van der Waals surface area contributed by atoms with E-state index in [0.29, 0.717) is 5.69 Å². The summed E-state index contributed by atoms with van der Waals surface area (Å²) in [5.74, 6) is -0.573. The zero-order valence-corrected chi connectivity index (χ0v) is 10.3. The molecule has 2 heterocycles. The van der Waals surface area contributed by atoms with E-state index in [0.717, 1.165) is 32.3 Å². The van der Waals surface area contributed by atoms with Gasteiger partial charge in [0.1, 0.15) is 0 Å². The van der Waals surface area contributed by atoms with Crippen LogP contribution >= 0.6 is 0 Å². The molecule has 6 heteroatoms. The molecule has 18 heavy (non-hydrogen) atoms. The van der Waals surface area contributed by atoms with E-state index in [-0.39, 0.29) is 17.3 Å². The Balaban J connectivity index is 1.81.